The summed E-state index contributed by atoms with van der Waals surface area (Å²) in [4.78, 5) is 39.4. The van der Waals surface area contributed by atoms with E-state index >= 15 is 0 Å². The Morgan fingerprint density at radius 3 is 2.44 bits per heavy atom. The Morgan fingerprint density at radius 2 is 1.84 bits per heavy atom. The van der Waals surface area contributed by atoms with Crippen LogP contribution >= 0.6 is 0 Å². The maximum Gasteiger partial charge on any atom is 0.355 e. The quantitative estimate of drug-likeness (QED) is 0.768. The molecule has 7 nitrogen and oxygen atoms in total. The van der Waals surface area contributed by atoms with Gasteiger partial charge in [0.05, 0.1) is 12.2 Å². The molecule has 0 spiro atoms. The molecular weight excluding hydrogens is 324 g/mol. The van der Waals surface area contributed by atoms with Crippen molar-refractivity contribution in [3.8, 4) is 0 Å². The van der Waals surface area contributed by atoms with Gasteiger partial charge in [-0.3, -0.25) is 4.79 Å². The third-order valence-electron chi connectivity index (χ3n) is 4.48. The molecule has 1 atom stereocenters. The van der Waals surface area contributed by atoms with Crippen LogP contribution in [-0.2, 0) is 14.3 Å². The first kappa shape index (κ1) is 19.0. The predicted molar refractivity (Wildman–Crippen MR) is 91.5 cm³/mol. The number of hydrogen-bond acceptors (Lipinski definition) is 5. The second-order valence-corrected chi connectivity index (χ2v) is 6.38. The van der Waals surface area contributed by atoms with E-state index in [1.165, 1.54) is 0 Å². The number of aromatic nitrogens is 1. The minimum absolute atomic E-state index is 0.165. The van der Waals surface area contributed by atoms with Crippen LogP contribution in [0.25, 0.3) is 0 Å². The summed E-state index contributed by atoms with van der Waals surface area (Å²) in [7, 11) is 0. The van der Waals surface area contributed by atoms with E-state index in [1.807, 2.05) is 0 Å². The third-order valence-corrected chi connectivity index (χ3v) is 4.48. The van der Waals surface area contributed by atoms with Crippen LogP contribution in [0.3, 0.4) is 0 Å². The standard InChI is InChI=1S/C18H26N2O5/c1-5-24-17(22)14-10(2)15(19-11(14)3)18(23)25-12(4)16(21)20-13-8-6-7-9-13/h12-13,19H,5-9H2,1-4H3,(H,20,21). The molecule has 1 fully saturated rings. The maximum atomic E-state index is 12.4. The number of hydrogen-bond donors (Lipinski definition) is 2. The Hall–Kier alpha value is -2.31. The summed E-state index contributed by atoms with van der Waals surface area (Å²) in [6.07, 6.45) is 3.24. The summed E-state index contributed by atoms with van der Waals surface area (Å²) < 4.78 is 10.3. The highest BCUT2D eigenvalue weighted by Crippen LogP contribution is 2.21. The average molecular weight is 350 g/mol. The monoisotopic (exact) mass is 350 g/mol. The molecule has 0 bridgehead atoms. The lowest BCUT2D eigenvalue weighted by atomic mass is 10.1. The highest BCUT2D eigenvalue weighted by atomic mass is 16.5. The van der Waals surface area contributed by atoms with Gasteiger partial charge in [0.15, 0.2) is 6.10 Å². The molecule has 25 heavy (non-hydrogen) atoms. The number of ether oxygens (including phenoxy) is 2. The molecule has 1 unspecified atom stereocenters. The lowest BCUT2D eigenvalue weighted by molar-refractivity contribution is -0.129. The first-order valence-electron chi connectivity index (χ1n) is 8.72. The van der Waals surface area contributed by atoms with Crippen molar-refractivity contribution in [3.05, 3.63) is 22.5 Å². The molecule has 1 saturated carbocycles. The second kappa shape index (κ2) is 8.18. The van der Waals surface area contributed by atoms with E-state index in [-0.39, 0.29) is 24.2 Å². The van der Waals surface area contributed by atoms with Gasteiger partial charge >= 0.3 is 11.9 Å². The largest absolute Gasteiger partial charge is 0.462 e. The van der Waals surface area contributed by atoms with Crippen molar-refractivity contribution in [3.63, 3.8) is 0 Å². The van der Waals surface area contributed by atoms with E-state index in [2.05, 4.69) is 10.3 Å². The van der Waals surface area contributed by atoms with Crippen molar-refractivity contribution in [2.45, 2.75) is 65.5 Å². The first-order valence-corrected chi connectivity index (χ1v) is 8.72. The van der Waals surface area contributed by atoms with Crippen LogP contribution in [0.4, 0.5) is 0 Å². The molecule has 1 aromatic heterocycles. The lowest BCUT2D eigenvalue weighted by Crippen LogP contribution is -2.40. The van der Waals surface area contributed by atoms with Gasteiger partial charge in [0.2, 0.25) is 0 Å². The summed E-state index contributed by atoms with van der Waals surface area (Å²) >= 11 is 0. The van der Waals surface area contributed by atoms with Crippen LogP contribution in [0.2, 0.25) is 0 Å². The molecule has 1 aliphatic rings. The van der Waals surface area contributed by atoms with E-state index < -0.39 is 18.0 Å². The van der Waals surface area contributed by atoms with E-state index in [4.69, 9.17) is 9.47 Å². The molecule has 0 aromatic carbocycles. The van der Waals surface area contributed by atoms with Gasteiger partial charge in [-0.1, -0.05) is 12.8 Å². The fourth-order valence-electron chi connectivity index (χ4n) is 3.13. The number of nitrogens with one attached hydrogen (secondary N) is 2. The minimum Gasteiger partial charge on any atom is -0.462 e. The van der Waals surface area contributed by atoms with E-state index in [1.54, 1.807) is 27.7 Å². The Labute approximate surface area is 147 Å². The zero-order valence-electron chi connectivity index (χ0n) is 15.2. The van der Waals surface area contributed by atoms with E-state index in [0.717, 1.165) is 25.7 Å². The molecule has 1 aromatic rings. The maximum absolute atomic E-state index is 12.4. The van der Waals surface area contributed by atoms with Crippen LogP contribution < -0.4 is 5.32 Å². The number of amides is 1. The van der Waals surface area contributed by atoms with Crippen molar-refractivity contribution < 1.29 is 23.9 Å². The molecular formula is C18H26N2O5. The topological polar surface area (TPSA) is 97.5 Å². The van der Waals surface area contributed by atoms with Crippen molar-refractivity contribution in [1.82, 2.24) is 10.3 Å². The minimum atomic E-state index is -0.901. The molecule has 0 saturated heterocycles. The summed E-state index contributed by atoms with van der Waals surface area (Å²) in [6, 6.07) is 0.165. The summed E-state index contributed by atoms with van der Waals surface area (Å²) in [6.45, 7) is 6.84. The number of aryl methyl sites for hydroxylation is 1. The molecule has 0 aliphatic heterocycles. The fraction of sp³-hybridized carbons (Fsp3) is 0.611. The Morgan fingerprint density at radius 1 is 1.20 bits per heavy atom. The van der Waals surface area contributed by atoms with Crippen molar-refractivity contribution in [2.24, 2.45) is 0 Å². The highest BCUT2D eigenvalue weighted by molar-refractivity contribution is 5.99. The van der Waals surface area contributed by atoms with Gasteiger partial charge in [-0.25, -0.2) is 9.59 Å². The van der Waals surface area contributed by atoms with Gasteiger partial charge in [-0.15, -0.1) is 0 Å². The third kappa shape index (κ3) is 4.41. The zero-order chi connectivity index (χ0) is 18.6. The van der Waals surface area contributed by atoms with Crippen molar-refractivity contribution >= 4 is 17.8 Å². The number of carbonyl (C=O) groups is 3. The molecule has 0 radical (unpaired) electrons. The summed E-state index contributed by atoms with van der Waals surface area (Å²) in [5, 5.41) is 2.90. The Kier molecular flexibility index (Phi) is 6.22. The Bertz CT molecular complexity index is 659. The highest BCUT2D eigenvalue weighted by Gasteiger charge is 2.27. The molecule has 1 heterocycles. The van der Waals surface area contributed by atoms with Crippen LogP contribution in [0.15, 0.2) is 0 Å². The number of carbonyl (C=O) groups excluding carboxylic acids is 3. The number of aromatic amines is 1. The Balaban J connectivity index is 2.03. The van der Waals surface area contributed by atoms with Crippen molar-refractivity contribution in [1.29, 1.82) is 0 Å². The van der Waals surface area contributed by atoms with Gasteiger partial charge < -0.3 is 19.8 Å². The molecule has 2 N–H and O–H groups in total. The first-order chi connectivity index (χ1) is 11.8. The molecule has 2 rings (SSSR count). The molecule has 7 heteroatoms. The molecule has 138 valence electrons. The number of H-pyrrole nitrogens is 1. The number of rotatable bonds is 6. The van der Waals surface area contributed by atoms with Gasteiger partial charge in [0.25, 0.3) is 5.91 Å². The zero-order valence-corrected chi connectivity index (χ0v) is 15.2. The normalized spacial score (nSPS) is 15.7. The predicted octanol–water partition coefficient (Wildman–Crippen LogP) is 2.41. The second-order valence-electron chi connectivity index (χ2n) is 6.38. The van der Waals surface area contributed by atoms with Gasteiger partial charge in [-0.05, 0) is 46.1 Å². The van der Waals surface area contributed by atoms with Crippen LogP contribution in [0.5, 0.6) is 0 Å². The van der Waals surface area contributed by atoms with Crippen LogP contribution in [0.1, 0.15) is 71.6 Å². The van der Waals surface area contributed by atoms with Gasteiger partial charge in [0, 0.05) is 11.7 Å². The molecule has 1 aliphatic carbocycles. The lowest BCUT2D eigenvalue weighted by Gasteiger charge is -2.17. The smallest absolute Gasteiger partial charge is 0.355 e. The van der Waals surface area contributed by atoms with Gasteiger partial charge in [-0.2, -0.15) is 0 Å². The SMILES string of the molecule is CCOC(=O)c1c(C)[nH]c(C(=O)OC(C)C(=O)NC2CCCC2)c1C. The van der Waals surface area contributed by atoms with Crippen molar-refractivity contribution in [2.75, 3.05) is 6.61 Å². The van der Waals surface area contributed by atoms with Crippen LogP contribution in [0, 0.1) is 13.8 Å². The van der Waals surface area contributed by atoms with Crippen LogP contribution in [-0.4, -0.2) is 41.6 Å². The summed E-state index contributed by atoms with van der Waals surface area (Å²) in [5.74, 6) is -1.45. The molecule has 1 amide bonds. The number of esters is 2. The van der Waals surface area contributed by atoms with E-state index in [9.17, 15) is 14.4 Å². The summed E-state index contributed by atoms with van der Waals surface area (Å²) in [5.41, 5.74) is 1.49. The van der Waals surface area contributed by atoms with Gasteiger partial charge in [0.1, 0.15) is 5.69 Å². The average Bonchev–Trinajstić information content (AvgIpc) is 3.15. The van der Waals surface area contributed by atoms with E-state index in [0.29, 0.717) is 16.8 Å². The fourth-order valence-corrected chi connectivity index (χ4v) is 3.13.